The minimum absolute atomic E-state index is 0.580. The summed E-state index contributed by atoms with van der Waals surface area (Å²) in [6.07, 6.45) is 2.67. The van der Waals surface area contributed by atoms with Crippen molar-refractivity contribution in [3.05, 3.63) is 36.0 Å². The van der Waals surface area contributed by atoms with Crippen LogP contribution in [0.1, 0.15) is 12.0 Å². The fourth-order valence-electron chi connectivity index (χ4n) is 2.39. The predicted octanol–water partition coefficient (Wildman–Crippen LogP) is 2.86. The van der Waals surface area contributed by atoms with Gasteiger partial charge in [-0.3, -0.25) is 4.68 Å². The van der Waals surface area contributed by atoms with Crippen molar-refractivity contribution >= 4 is 28.5 Å². The lowest BCUT2D eigenvalue weighted by atomic mass is 10.2. The Morgan fingerprint density at radius 2 is 1.96 bits per heavy atom. The van der Waals surface area contributed by atoms with Crippen LogP contribution >= 0.6 is 0 Å². The van der Waals surface area contributed by atoms with Crippen LogP contribution in [0.15, 0.2) is 30.5 Å². The van der Waals surface area contributed by atoms with Gasteiger partial charge in [-0.05, 0) is 25.5 Å². The smallest absolute Gasteiger partial charge is 0.226 e. The van der Waals surface area contributed by atoms with Gasteiger partial charge >= 0.3 is 0 Å². The molecule has 24 heavy (non-hydrogen) atoms. The maximum Gasteiger partial charge on any atom is 0.226 e. The van der Waals surface area contributed by atoms with Crippen LogP contribution in [0.4, 0.5) is 17.5 Å². The van der Waals surface area contributed by atoms with Gasteiger partial charge in [-0.15, -0.1) is 0 Å². The van der Waals surface area contributed by atoms with Crippen molar-refractivity contribution in [1.29, 1.82) is 0 Å². The Kier molecular flexibility index (Phi) is 4.90. The summed E-state index contributed by atoms with van der Waals surface area (Å²) in [7, 11) is 3.57. The first-order valence-corrected chi connectivity index (χ1v) is 7.93. The number of methoxy groups -OCH3 is 1. The molecule has 7 heteroatoms. The number of aryl methyl sites for hydroxylation is 2. The van der Waals surface area contributed by atoms with E-state index in [1.54, 1.807) is 18.0 Å². The van der Waals surface area contributed by atoms with E-state index in [0.29, 0.717) is 12.6 Å². The van der Waals surface area contributed by atoms with E-state index in [-0.39, 0.29) is 0 Å². The van der Waals surface area contributed by atoms with Crippen molar-refractivity contribution in [1.82, 2.24) is 19.7 Å². The van der Waals surface area contributed by atoms with Crippen LogP contribution in [0.3, 0.4) is 0 Å². The zero-order valence-corrected chi connectivity index (χ0v) is 14.2. The van der Waals surface area contributed by atoms with Gasteiger partial charge in [-0.2, -0.15) is 15.1 Å². The van der Waals surface area contributed by atoms with Crippen LogP contribution in [0, 0.1) is 6.92 Å². The number of nitrogens with one attached hydrogen (secondary N) is 2. The SMILES string of the molecule is COCCCNc1nc(Nc2ccc(C)cc2)c2cnn(C)c2n1. The zero-order valence-electron chi connectivity index (χ0n) is 14.2. The Hall–Kier alpha value is -2.67. The number of aromatic nitrogens is 4. The summed E-state index contributed by atoms with van der Waals surface area (Å²) in [6, 6.07) is 8.19. The molecule has 0 atom stereocenters. The first kappa shape index (κ1) is 16.2. The molecule has 0 amide bonds. The molecule has 0 bridgehead atoms. The second kappa shape index (κ2) is 7.27. The molecule has 0 saturated carbocycles. The molecule has 3 aromatic rings. The zero-order chi connectivity index (χ0) is 16.9. The highest BCUT2D eigenvalue weighted by Gasteiger charge is 2.11. The van der Waals surface area contributed by atoms with Crippen LogP contribution in [0.25, 0.3) is 11.0 Å². The molecule has 0 unspecified atom stereocenters. The number of nitrogens with zero attached hydrogens (tertiary/aromatic N) is 4. The number of benzene rings is 1. The Bertz CT molecular complexity index is 812. The van der Waals surface area contributed by atoms with Crippen molar-refractivity contribution in [3.63, 3.8) is 0 Å². The second-order valence-electron chi connectivity index (χ2n) is 5.67. The summed E-state index contributed by atoms with van der Waals surface area (Å²) in [5.41, 5.74) is 2.99. The average molecular weight is 326 g/mol. The molecule has 0 aliphatic carbocycles. The Balaban J connectivity index is 1.88. The van der Waals surface area contributed by atoms with E-state index in [4.69, 9.17) is 4.74 Å². The molecule has 0 radical (unpaired) electrons. The van der Waals surface area contributed by atoms with E-state index in [0.717, 1.165) is 35.5 Å². The highest BCUT2D eigenvalue weighted by Crippen LogP contribution is 2.25. The summed E-state index contributed by atoms with van der Waals surface area (Å²) in [5, 5.41) is 11.8. The van der Waals surface area contributed by atoms with Crippen molar-refractivity contribution in [2.75, 3.05) is 30.9 Å². The number of ether oxygens (including phenoxy) is 1. The van der Waals surface area contributed by atoms with E-state index >= 15 is 0 Å². The van der Waals surface area contributed by atoms with Crippen LogP contribution in [0.5, 0.6) is 0 Å². The summed E-state index contributed by atoms with van der Waals surface area (Å²) < 4.78 is 6.81. The van der Waals surface area contributed by atoms with Gasteiger partial charge in [-0.1, -0.05) is 17.7 Å². The molecule has 3 rings (SSSR count). The molecule has 0 aliphatic rings. The highest BCUT2D eigenvalue weighted by atomic mass is 16.5. The van der Waals surface area contributed by atoms with Gasteiger partial charge in [0.05, 0.1) is 11.6 Å². The second-order valence-corrected chi connectivity index (χ2v) is 5.67. The van der Waals surface area contributed by atoms with Crippen molar-refractivity contribution in [2.45, 2.75) is 13.3 Å². The molecule has 2 heterocycles. The fraction of sp³-hybridized carbons (Fsp3) is 0.353. The lowest BCUT2D eigenvalue weighted by Gasteiger charge is -2.10. The van der Waals surface area contributed by atoms with Gasteiger partial charge in [-0.25, -0.2) is 0 Å². The molecular weight excluding hydrogens is 304 g/mol. The van der Waals surface area contributed by atoms with Gasteiger partial charge in [0, 0.05) is 33.0 Å². The number of rotatable bonds is 7. The van der Waals surface area contributed by atoms with E-state index < -0.39 is 0 Å². The van der Waals surface area contributed by atoms with Gasteiger partial charge in [0.2, 0.25) is 5.95 Å². The lowest BCUT2D eigenvalue weighted by molar-refractivity contribution is 0.197. The molecule has 2 N–H and O–H groups in total. The standard InChI is InChI=1S/C17H22N6O/c1-12-5-7-13(8-6-12)20-15-14-11-19-23(2)16(14)22-17(21-15)18-9-4-10-24-3/h5-8,11H,4,9-10H2,1-3H3,(H2,18,20,21,22). The molecule has 0 spiro atoms. The first-order chi connectivity index (χ1) is 11.7. The van der Waals surface area contributed by atoms with Gasteiger partial charge in [0.1, 0.15) is 5.82 Å². The largest absolute Gasteiger partial charge is 0.385 e. The van der Waals surface area contributed by atoms with Crippen LogP contribution in [-0.4, -0.2) is 40.0 Å². The number of hydrogen-bond donors (Lipinski definition) is 2. The van der Waals surface area contributed by atoms with E-state index in [1.165, 1.54) is 5.56 Å². The lowest BCUT2D eigenvalue weighted by Crippen LogP contribution is -2.09. The maximum atomic E-state index is 5.06. The minimum atomic E-state index is 0.580. The molecule has 7 nitrogen and oxygen atoms in total. The fourth-order valence-corrected chi connectivity index (χ4v) is 2.39. The van der Waals surface area contributed by atoms with Crippen LogP contribution < -0.4 is 10.6 Å². The molecule has 0 fully saturated rings. The third-order valence-electron chi connectivity index (χ3n) is 3.71. The molecule has 0 aliphatic heterocycles. The topological polar surface area (TPSA) is 76.9 Å². The molecule has 1 aromatic carbocycles. The number of fused-ring (bicyclic) bond motifs is 1. The summed E-state index contributed by atoms with van der Waals surface area (Å²) >= 11 is 0. The van der Waals surface area contributed by atoms with Gasteiger partial charge in [0.25, 0.3) is 0 Å². The predicted molar refractivity (Wildman–Crippen MR) is 95.7 cm³/mol. The van der Waals surface area contributed by atoms with Crippen LogP contribution in [0.2, 0.25) is 0 Å². The summed E-state index contributed by atoms with van der Waals surface area (Å²) in [5.74, 6) is 1.32. The van der Waals surface area contributed by atoms with E-state index in [2.05, 4.69) is 44.8 Å². The monoisotopic (exact) mass is 326 g/mol. The van der Waals surface area contributed by atoms with Crippen molar-refractivity contribution in [3.8, 4) is 0 Å². The third kappa shape index (κ3) is 3.62. The van der Waals surface area contributed by atoms with E-state index in [9.17, 15) is 0 Å². The average Bonchev–Trinajstić information content (AvgIpc) is 2.95. The van der Waals surface area contributed by atoms with Crippen molar-refractivity contribution in [2.24, 2.45) is 7.05 Å². The van der Waals surface area contributed by atoms with Crippen LogP contribution in [-0.2, 0) is 11.8 Å². The quantitative estimate of drug-likeness (QED) is 0.650. The highest BCUT2D eigenvalue weighted by molar-refractivity contribution is 5.89. The Morgan fingerprint density at radius 3 is 2.71 bits per heavy atom. The Morgan fingerprint density at radius 1 is 1.17 bits per heavy atom. The summed E-state index contributed by atoms with van der Waals surface area (Å²) in [4.78, 5) is 9.15. The summed E-state index contributed by atoms with van der Waals surface area (Å²) in [6.45, 7) is 3.52. The minimum Gasteiger partial charge on any atom is -0.385 e. The number of anilines is 3. The molecular formula is C17H22N6O. The first-order valence-electron chi connectivity index (χ1n) is 7.93. The molecule has 0 saturated heterocycles. The Labute approximate surface area is 141 Å². The normalized spacial score (nSPS) is 11.0. The van der Waals surface area contributed by atoms with E-state index in [1.807, 2.05) is 19.2 Å². The molecule has 126 valence electrons. The maximum absolute atomic E-state index is 5.06. The number of hydrogen-bond acceptors (Lipinski definition) is 6. The third-order valence-corrected chi connectivity index (χ3v) is 3.71. The van der Waals surface area contributed by atoms with Gasteiger partial charge in [0.15, 0.2) is 5.65 Å². The van der Waals surface area contributed by atoms with Gasteiger partial charge < -0.3 is 15.4 Å². The molecule has 2 aromatic heterocycles. The van der Waals surface area contributed by atoms with Crippen molar-refractivity contribution < 1.29 is 4.74 Å².